The van der Waals surface area contributed by atoms with Crippen LogP contribution in [0.1, 0.15) is 79.9 Å². The predicted octanol–water partition coefficient (Wildman–Crippen LogP) is 3.50. The molecule has 1 heterocycles. The number of hydrogen-bond donors (Lipinski definition) is 2. The summed E-state index contributed by atoms with van der Waals surface area (Å²) in [6.45, 7) is 0. The summed E-state index contributed by atoms with van der Waals surface area (Å²) in [6.07, 6.45) is 9.26. The van der Waals surface area contributed by atoms with Crippen LogP contribution in [-0.4, -0.2) is 28.0 Å². The Morgan fingerprint density at radius 3 is 2.46 bits per heavy atom. The van der Waals surface area contributed by atoms with Crippen molar-refractivity contribution < 1.29 is 14.7 Å². The van der Waals surface area contributed by atoms with Crippen molar-refractivity contribution in [2.75, 3.05) is 0 Å². The van der Waals surface area contributed by atoms with E-state index in [0.717, 1.165) is 37.8 Å². The highest BCUT2D eigenvalue weighted by atomic mass is 16.4. The Kier molecular flexibility index (Phi) is 5.48. The van der Waals surface area contributed by atoms with Gasteiger partial charge in [-0.1, -0.05) is 38.2 Å². The van der Waals surface area contributed by atoms with Crippen molar-refractivity contribution in [1.29, 1.82) is 0 Å². The van der Waals surface area contributed by atoms with Gasteiger partial charge in [0.05, 0.1) is 5.92 Å². The maximum Gasteiger partial charge on any atom is 0.308 e. The Hall–Kier alpha value is -1.91. The number of aliphatic carboxylic acids is 1. The van der Waals surface area contributed by atoms with E-state index in [1.165, 1.54) is 19.3 Å². The third-order valence-corrected chi connectivity index (χ3v) is 5.43. The van der Waals surface area contributed by atoms with Gasteiger partial charge in [-0.2, -0.15) is 0 Å². The molecule has 1 aromatic heterocycles. The lowest BCUT2D eigenvalue weighted by Gasteiger charge is -2.29. The largest absolute Gasteiger partial charge is 0.481 e. The summed E-state index contributed by atoms with van der Waals surface area (Å²) in [5.74, 6) is -1.09. The minimum Gasteiger partial charge on any atom is -0.481 e. The number of pyridine rings is 1. The molecule has 3 rings (SSSR count). The van der Waals surface area contributed by atoms with Crippen molar-refractivity contribution in [2.24, 2.45) is 5.92 Å². The van der Waals surface area contributed by atoms with Crippen LogP contribution in [0.25, 0.3) is 0 Å². The molecule has 0 aromatic carbocycles. The van der Waals surface area contributed by atoms with Gasteiger partial charge in [0.15, 0.2) is 0 Å². The minimum absolute atomic E-state index is 0.245. The quantitative estimate of drug-likeness (QED) is 0.885. The lowest BCUT2D eigenvalue weighted by atomic mass is 9.84. The molecule has 5 heteroatoms. The lowest BCUT2D eigenvalue weighted by molar-refractivity contribution is -0.143. The van der Waals surface area contributed by atoms with Gasteiger partial charge in [-0.15, -0.1) is 0 Å². The zero-order valence-corrected chi connectivity index (χ0v) is 14.0. The van der Waals surface area contributed by atoms with Gasteiger partial charge in [0.1, 0.15) is 5.69 Å². The first kappa shape index (κ1) is 16.9. The second-order valence-corrected chi connectivity index (χ2v) is 7.09. The van der Waals surface area contributed by atoms with Crippen molar-refractivity contribution >= 4 is 11.9 Å². The normalized spacial score (nSPS) is 25.2. The molecule has 5 nitrogen and oxygen atoms in total. The van der Waals surface area contributed by atoms with Gasteiger partial charge in [-0.3, -0.25) is 9.59 Å². The highest BCUT2D eigenvalue weighted by Crippen LogP contribution is 2.31. The number of amides is 1. The number of nitrogens with one attached hydrogen (secondary N) is 1. The van der Waals surface area contributed by atoms with Crippen molar-refractivity contribution in [3.05, 3.63) is 29.6 Å². The molecule has 2 N–H and O–H groups in total. The number of aromatic nitrogens is 1. The first-order chi connectivity index (χ1) is 11.6. The zero-order chi connectivity index (χ0) is 16.9. The highest BCUT2D eigenvalue weighted by Gasteiger charge is 2.32. The van der Waals surface area contributed by atoms with Crippen LogP contribution in [0.2, 0.25) is 0 Å². The number of nitrogens with zero attached hydrogens (tertiary/aromatic N) is 1. The molecule has 2 atom stereocenters. The third kappa shape index (κ3) is 3.94. The van der Waals surface area contributed by atoms with Crippen molar-refractivity contribution in [3.63, 3.8) is 0 Å². The number of carbonyl (C=O) groups excluding carboxylic acids is 1. The Bertz CT molecular complexity index is 596. The number of carbonyl (C=O) groups is 2. The van der Waals surface area contributed by atoms with Crippen molar-refractivity contribution in [1.82, 2.24) is 10.3 Å². The Labute approximate surface area is 142 Å². The number of rotatable bonds is 4. The van der Waals surface area contributed by atoms with Gasteiger partial charge in [0.25, 0.3) is 5.91 Å². The molecule has 2 aliphatic rings. The standard InChI is InChI=1S/C19H26N2O3/c22-18(21-16-10-5-4-9-14(16)19(23)24)17-12-6-11-15(20-17)13-7-2-1-3-8-13/h6,11-14,16H,1-5,7-10H2,(H,21,22)(H,23,24). The average molecular weight is 330 g/mol. The first-order valence-electron chi connectivity index (χ1n) is 9.16. The maximum absolute atomic E-state index is 12.5. The van der Waals surface area contributed by atoms with E-state index in [-0.39, 0.29) is 11.9 Å². The highest BCUT2D eigenvalue weighted by molar-refractivity contribution is 5.92. The molecule has 0 aliphatic heterocycles. The number of hydrogen-bond acceptors (Lipinski definition) is 3. The fraction of sp³-hybridized carbons (Fsp3) is 0.632. The summed E-state index contributed by atoms with van der Waals surface area (Å²) < 4.78 is 0. The van der Waals surface area contributed by atoms with E-state index in [1.54, 1.807) is 6.07 Å². The summed E-state index contributed by atoms with van der Waals surface area (Å²) in [5.41, 5.74) is 1.41. The molecular formula is C19H26N2O3. The summed E-state index contributed by atoms with van der Waals surface area (Å²) >= 11 is 0. The van der Waals surface area contributed by atoms with E-state index >= 15 is 0 Å². The van der Waals surface area contributed by atoms with Crippen LogP contribution in [0, 0.1) is 5.92 Å². The number of carboxylic acids is 1. The molecule has 1 aromatic rings. The molecule has 130 valence electrons. The molecular weight excluding hydrogens is 304 g/mol. The van der Waals surface area contributed by atoms with Crippen LogP contribution in [0.3, 0.4) is 0 Å². The number of carboxylic acid groups (broad SMARTS) is 1. The molecule has 2 unspecified atom stereocenters. The molecule has 0 radical (unpaired) electrons. The van der Waals surface area contributed by atoms with Crippen molar-refractivity contribution in [3.8, 4) is 0 Å². The van der Waals surface area contributed by atoms with Gasteiger partial charge in [-0.25, -0.2) is 4.98 Å². The van der Waals surface area contributed by atoms with E-state index < -0.39 is 11.9 Å². The average Bonchev–Trinajstić information content (AvgIpc) is 2.63. The Balaban J connectivity index is 1.69. The Morgan fingerprint density at radius 1 is 1.00 bits per heavy atom. The van der Waals surface area contributed by atoms with E-state index in [1.807, 2.05) is 12.1 Å². The zero-order valence-electron chi connectivity index (χ0n) is 14.0. The van der Waals surface area contributed by atoms with Gasteiger partial charge in [0, 0.05) is 17.7 Å². The maximum atomic E-state index is 12.5. The van der Waals surface area contributed by atoms with Gasteiger partial charge in [-0.05, 0) is 37.8 Å². The molecule has 2 saturated carbocycles. The van der Waals surface area contributed by atoms with E-state index in [4.69, 9.17) is 0 Å². The monoisotopic (exact) mass is 330 g/mol. The topological polar surface area (TPSA) is 79.3 Å². The third-order valence-electron chi connectivity index (χ3n) is 5.43. The minimum atomic E-state index is -0.816. The first-order valence-corrected chi connectivity index (χ1v) is 9.16. The second kappa shape index (κ2) is 7.77. The fourth-order valence-electron chi connectivity index (χ4n) is 4.05. The van der Waals surface area contributed by atoms with Crippen LogP contribution >= 0.6 is 0 Å². The van der Waals surface area contributed by atoms with E-state index in [0.29, 0.717) is 18.0 Å². The van der Waals surface area contributed by atoms with Crippen molar-refractivity contribution in [2.45, 2.75) is 69.7 Å². The molecule has 0 spiro atoms. The van der Waals surface area contributed by atoms with Crippen LogP contribution in [0.4, 0.5) is 0 Å². The summed E-state index contributed by atoms with van der Waals surface area (Å²) in [4.78, 5) is 28.5. The van der Waals surface area contributed by atoms with E-state index in [2.05, 4.69) is 10.3 Å². The predicted molar refractivity (Wildman–Crippen MR) is 90.9 cm³/mol. The van der Waals surface area contributed by atoms with Crippen LogP contribution in [0.15, 0.2) is 18.2 Å². The Morgan fingerprint density at radius 2 is 1.71 bits per heavy atom. The molecule has 2 aliphatic carbocycles. The lowest BCUT2D eigenvalue weighted by Crippen LogP contribution is -2.45. The van der Waals surface area contributed by atoms with E-state index in [9.17, 15) is 14.7 Å². The second-order valence-electron chi connectivity index (χ2n) is 7.09. The fourth-order valence-corrected chi connectivity index (χ4v) is 4.05. The summed E-state index contributed by atoms with van der Waals surface area (Å²) in [5, 5.41) is 12.3. The molecule has 0 saturated heterocycles. The van der Waals surface area contributed by atoms with Crippen LogP contribution < -0.4 is 5.32 Å². The molecule has 24 heavy (non-hydrogen) atoms. The molecule has 0 bridgehead atoms. The molecule has 1 amide bonds. The summed E-state index contributed by atoms with van der Waals surface area (Å²) in [7, 11) is 0. The van der Waals surface area contributed by atoms with Gasteiger partial charge in [0.2, 0.25) is 0 Å². The van der Waals surface area contributed by atoms with Gasteiger partial charge >= 0.3 is 5.97 Å². The summed E-state index contributed by atoms with van der Waals surface area (Å²) in [6, 6.07) is 5.33. The van der Waals surface area contributed by atoms with Crippen LogP contribution in [-0.2, 0) is 4.79 Å². The van der Waals surface area contributed by atoms with Gasteiger partial charge < -0.3 is 10.4 Å². The SMILES string of the molecule is O=C(NC1CCCCC1C(=O)O)c1cccc(C2CCCCC2)n1. The smallest absolute Gasteiger partial charge is 0.308 e. The molecule has 2 fully saturated rings. The van der Waals surface area contributed by atoms with Crippen LogP contribution in [0.5, 0.6) is 0 Å².